The number of rotatable bonds is 2. The third-order valence-corrected chi connectivity index (χ3v) is 4.54. The van der Waals surface area contributed by atoms with Gasteiger partial charge in [0.2, 0.25) is 0 Å². The van der Waals surface area contributed by atoms with Gasteiger partial charge < -0.3 is 0 Å². The van der Waals surface area contributed by atoms with Crippen molar-refractivity contribution >= 4 is 28.2 Å². The molecule has 0 fully saturated rings. The number of aromatic nitrogens is 1. The van der Waals surface area contributed by atoms with Crippen LogP contribution in [0.15, 0.2) is 60.8 Å². The average molecular weight is 387 g/mol. The molecule has 2 aromatic rings. The molecule has 0 N–H and O–H groups in total. The lowest BCUT2D eigenvalue weighted by Gasteiger charge is -2.20. The predicted octanol–water partition coefficient (Wildman–Crippen LogP) is 5.59. The van der Waals surface area contributed by atoms with Crippen molar-refractivity contribution in [2.75, 3.05) is 0 Å². The van der Waals surface area contributed by atoms with E-state index in [0.717, 1.165) is 12.1 Å². The van der Waals surface area contributed by atoms with Gasteiger partial charge in [0.05, 0.1) is 5.69 Å². The Hall–Kier alpha value is -1.42. The second-order valence-electron chi connectivity index (χ2n) is 5.77. The summed E-state index contributed by atoms with van der Waals surface area (Å²) in [6.07, 6.45) is 9.70. The summed E-state index contributed by atoms with van der Waals surface area (Å²) < 4.78 is 0.232. The summed E-state index contributed by atoms with van der Waals surface area (Å²) in [6, 6.07) is 12.9. The predicted molar refractivity (Wildman–Crippen MR) is 98.6 cm³/mol. The van der Waals surface area contributed by atoms with E-state index in [9.17, 15) is 0 Å². The van der Waals surface area contributed by atoms with Crippen molar-refractivity contribution in [1.29, 1.82) is 0 Å². The van der Waals surface area contributed by atoms with Crippen LogP contribution < -0.4 is 0 Å². The Morgan fingerprint density at radius 3 is 2.67 bits per heavy atom. The van der Waals surface area contributed by atoms with Crippen LogP contribution in [0.2, 0.25) is 0 Å². The number of nitrogens with zero attached hydrogens (tertiary/aromatic N) is 1. The Bertz CT molecular complexity index is 726. The monoisotopic (exact) mass is 387 g/mol. The van der Waals surface area contributed by atoms with Crippen LogP contribution in [-0.2, 0) is 0 Å². The molecule has 0 saturated heterocycles. The minimum Gasteiger partial charge on any atom is -0.256 e. The van der Waals surface area contributed by atoms with Crippen molar-refractivity contribution in [3.05, 3.63) is 72.1 Å². The molecule has 1 aromatic heterocycles. The van der Waals surface area contributed by atoms with E-state index in [1.165, 1.54) is 22.3 Å². The molecular formula is C19H18IN. The highest BCUT2D eigenvalue weighted by Crippen LogP contribution is 2.33. The lowest BCUT2D eigenvalue weighted by Crippen LogP contribution is -2.12. The highest BCUT2D eigenvalue weighted by atomic mass is 127. The topological polar surface area (TPSA) is 12.9 Å². The number of aryl methyl sites for hydroxylation is 1. The molecule has 0 spiro atoms. The third kappa shape index (κ3) is 3.43. The van der Waals surface area contributed by atoms with E-state index in [-0.39, 0.29) is 3.42 Å². The maximum absolute atomic E-state index is 4.54. The first-order chi connectivity index (χ1) is 10.0. The van der Waals surface area contributed by atoms with E-state index < -0.39 is 0 Å². The Kier molecular flexibility index (Phi) is 3.98. The van der Waals surface area contributed by atoms with E-state index >= 15 is 0 Å². The summed E-state index contributed by atoms with van der Waals surface area (Å²) in [5.74, 6) is 0. The van der Waals surface area contributed by atoms with Crippen LogP contribution in [0, 0.1) is 6.92 Å². The molecule has 1 aliphatic rings. The van der Waals surface area contributed by atoms with E-state index in [2.05, 4.69) is 96.0 Å². The van der Waals surface area contributed by atoms with Crippen molar-refractivity contribution in [3.8, 4) is 11.1 Å². The summed E-state index contributed by atoms with van der Waals surface area (Å²) in [4.78, 5) is 4.54. The van der Waals surface area contributed by atoms with Crippen LogP contribution in [-0.4, -0.2) is 8.41 Å². The van der Waals surface area contributed by atoms with Gasteiger partial charge in [-0.3, -0.25) is 4.98 Å². The van der Waals surface area contributed by atoms with Crippen molar-refractivity contribution in [1.82, 2.24) is 4.98 Å². The highest BCUT2D eigenvalue weighted by Gasteiger charge is 2.18. The largest absolute Gasteiger partial charge is 0.256 e. The number of pyridine rings is 1. The maximum Gasteiger partial charge on any atom is 0.0704 e. The van der Waals surface area contributed by atoms with E-state index in [1.807, 2.05) is 6.20 Å². The molecule has 2 heteroatoms. The zero-order valence-corrected chi connectivity index (χ0v) is 14.5. The second-order valence-corrected chi connectivity index (χ2v) is 8.24. The molecule has 0 radical (unpaired) electrons. The number of halogens is 1. The summed E-state index contributed by atoms with van der Waals surface area (Å²) in [7, 11) is 0. The number of hydrogen-bond acceptors (Lipinski definition) is 1. The van der Waals surface area contributed by atoms with Gasteiger partial charge in [0.15, 0.2) is 0 Å². The first kappa shape index (κ1) is 14.5. The molecule has 1 aliphatic carbocycles. The number of hydrogen-bond donors (Lipinski definition) is 0. The van der Waals surface area contributed by atoms with E-state index in [0.29, 0.717) is 0 Å². The normalized spacial score (nSPS) is 21.2. The minimum absolute atomic E-state index is 0.232. The summed E-state index contributed by atoms with van der Waals surface area (Å²) in [6.45, 7) is 4.37. The smallest absolute Gasteiger partial charge is 0.0704 e. The summed E-state index contributed by atoms with van der Waals surface area (Å²) in [5, 5.41) is 0. The number of benzene rings is 1. The Labute approximate surface area is 140 Å². The highest BCUT2D eigenvalue weighted by molar-refractivity contribution is 14.1. The minimum atomic E-state index is 0.232. The van der Waals surface area contributed by atoms with Gasteiger partial charge in [-0.25, -0.2) is 0 Å². The van der Waals surface area contributed by atoms with Gasteiger partial charge in [0, 0.05) is 9.62 Å². The van der Waals surface area contributed by atoms with Crippen molar-refractivity contribution in [3.63, 3.8) is 0 Å². The molecule has 1 heterocycles. The van der Waals surface area contributed by atoms with E-state index in [4.69, 9.17) is 0 Å². The van der Waals surface area contributed by atoms with Gasteiger partial charge in [-0.1, -0.05) is 70.6 Å². The molecule has 0 saturated carbocycles. The molecule has 1 aromatic carbocycles. The molecule has 0 bridgehead atoms. The first-order valence-electron chi connectivity index (χ1n) is 7.15. The van der Waals surface area contributed by atoms with Gasteiger partial charge in [-0.05, 0) is 49.1 Å². The fourth-order valence-electron chi connectivity index (χ4n) is 2.49. The Balaban J connectivity index is 1.95. The van der Waals surface area contributed by atoms with Crippen LogP contribution in [0.3, 0.4) is 0 Å². The molecule has 1 nitrogen and oxygen atoms in total. The van der Waals surface area contributed by atoms with Crippen LogP contribution in [0.4, 0.5) is 0 Å². The summed E-state index contributed by atoms with van der Waals surface area (Å²) >= 11 is 2.49. The van der Waals surface area contributed by atoms with Crippen LogP contribution in [0.1, 0.15) is 24.6 Å². The molecule has 3 rings (SSSR count). The molecule has 0 aliphatic heterocycles. The molecule has 0 unspecified atom stereocenters. The molecular weight excluding hydrogens is 369 g/mol. The van der Waals surface area contributed by atoms with Gasteiger partial charge in [0.25, 0.3) is 0 Å². The fourth-order valence-corrected chi connectivity index (χ4v) is 2.89. The van der Waals surface area contributed by atoms with Crippen molar-refractivity contribution < 1.29 is 0 Å². The molecule has 21 heavy (non-hydrogen) atoms. The molecule has 106 valence electrons. The third-order valence-electron chi connectivity index (χ3n) is 3.74. The molecule has 0 amide bonds. The summed E-state index contributed by atoms with van der Waals surface area (Å²) in [5.41, 5.74) is 6.03. The van der Waals surface area contributed by atoms with Crippen molar-refractivity contribution in [2.24, 2.45) is 0 Å². The molecule has 1 atom stereocenters. The number of alkyl halides is 1. The van der Waals surface area contributed by atoms with Crippen LogP contribution in [0.25, 0.3) is 16.7 Å². The fraction of sp³-hybridized carbons (Fsp3) is 0.211. The van der Waals surface area contributed by atoms with Gasteiger partial charge >= 0.3 is 0 Å². The van der Waals surface area contributed by atoms with Crippen LogP contribution >= 0.6 is 22.6 Å². The maximum atomic E-state index is 4.54. The first-order valence-corrected chi connectivity index (χ1v) is 8.23. The zero-order chi connectivity index (χ0) is 14.9. The quantitative estimate of drug-likeness (QED) is 0.483. The average Bonchev–Trinajstić information content (AvgIpc) is 2.47. The Morgan fingerprint density at radius 1 is 1.14 bits per heavy atom. The van der Waals surface area contributed by atoms with E-state index in [1.54, 1.807) is 0 Å². The zero-order valence-electron chi connectivity index (χ0n) is 12.3. The number of allylic oxidation sites excluding steroid dienone is 4. The van der Waals surface area contributed by atoms with Gasteiger partial charge in [-0.15, -0.1) is 0 Å². The van der Waals surface area contributed by atoms with Crippen LogP contribution in [0.5, 0.6) is 0 Å². The SMILES string of the molecule is Cc1cccc(-c2ccnc(C3=CC[C@@](C)(I)C=C3)c2)c1. The lowest BCUT2D eigenvalue weighted by atomic mass is 9.95. The Morgan fingerprint density at radius 2 is 1.95 bits per heavy atom. The lowest BCUT2D eigenvalue weighted by molar-refractivity contribution is 0.838. The van der Waals surface area contributed by atoms with Gasteiger partial charge in [-0.2, -0.15) is 0 Å². The van der Waals surface area contributed by atoms with Crippen molar-refractivity contribution in [2.45, 2.75) is 23.7 Å². The standard InChI is InChI=1S/C19H18IN/c1-14-4-3-5-16(12-14)17-8-11-21-18(13-17)15-6-9-19(2,20)10-7-15/h3-9,11-13H,10H2,1-2H3/t19-/m0/s1. The van der Waals surface area contributed by atoms with Gasteiger partial charge in [0.1, 0.15) is 0 Å². The second kappa shape index (κ2) is 5.76.